The van der Waals surface area contributed by atoms with Crippen LogP contribution in [0.2, 0.25) is 0 Å². The van der Waals surface area contributed by atoms with Gasteiger partial charge in [0.2, 0.25) is 0 Å². The van der Waals surface area contributed by atoms with E-state index in [0.717, 1.165) is 24.4 Å². The summed E-state index contributed by atoms with van der Waals surface area (Å²) in [5, 5.41) is 4.55. The minimum atomic E-state index is -0.0988. The van der Waals surface area contributed by atoms with Gasteiger partial charge < -0.3 is 4.90 Å². The quantitative estimate of drug-likeness (QED) is 0.820. The van der Waals surface area contributed by atoms with Gasteiger partial charge >= 0.3 is 5.69 Å². The minimum Gasteiger partial charge on any atom is -0.329 e. The summed E-state index contributed by atoms with van der Waals surface area (Å²) in [6, 6.07) is 0.0670. The molecule has 8 nitrogen and oxygen atoms in total. The number of amides is 1. The van der Waals surface area contributed by atoms with Gasteiger partial charge in [0.15, 0.2) is 0 Å². The summed E-state index contributed by atoms with van der Waals surface area (Å²) in [7, 11) is 0. The summed E-state index contributed by atoms with van der Waals surface area (Å²) in [6.07, 6.45) is 5.60. The average molecular weight is 356 g/mol. The summed E-state index contributed by atoms with van der Waals surface area (Å²) >= 11 is 0. The van der Waals surface area contributed by atoms with Gasteiger partial charge in [0, 0.05) is 31.7 Å². The Morgan fingerprint density at radius 1 is 1.23 bits per heavy atom. The molecule has 0 spiro atoms. The van der Waals surface area contributed by atoms with Crippen molar-refractivity contribution in [3.8, 4) is 0 Å². The van der Waals surface area contributed by atoms with Gasteiger partial charge in [-0.1, -0.05) is 13.8 Å². The average Bonchev–Trinajstić information content (AvgIpc) is 3.04. The SMILES string of the molecule is Cc1cnc(C(=O)N2C3CCC2Cn2c(nn(CC(C)C)c2=O)C3)cn1. The fourth-order valence-electron chi connectivity index (χ4n) is 4.01. The molecule has 1 fully saturated rings. The first-order valence-corrected chi connectivity index (χ1v) is 9.22. The van der Waals surface area contributed by atoms with Gasteiger partial charge in [-0.2, -0.15) is 5.10 Å². The van der Waals surface area contributed by atoms with E-state index in [2.05, 4.69) is 28.9 Å². The molecule has 2 aromatic heterocycles. The van der Waals surface area contributed by atoms with E-state index in [-0.39, 0.29) is 23.7 Å². The number of carbonyl (C=O) groups is 1. The fourth-order valence-corrected chi connectivity index (χ4v) is 4.01. The third kappa shape index (κ3) is 2.83. The van der Waals surface area contributed by atoms with Crippen molar-refractivity contribution >= 4 is 5.91 Å². The van der Waals surface area contributed by atoms with E-state index in [1.165, 1.54) is 6.20 Å². The lowest BCUT2D eigenvalue weighted by molar-refractivity contribution is 0.0658. The summed E-state index contributed by atoms with van der Waals surface area (Å²) in [5.74, 6) is 1.05. The molecule has 2 aromatic rings. The second-order valence-corrected chi connectivity index (χ2v) is 7.73. The standard InChI is InChI=1S/C18H24N6O2/c1-11(2)9-23-18(26)22-10-14-5-4-13(6-16(22)21-23)24(14)17(25)15-8-19-12(3)7-20-15/h7-8,11,13-14H,4-6,9-10H2,1-3H3. The Morgan fingerprint density at radius 3 is 2.69 bits per heavy atom. The molecule has 1 saturated heterocycles. The van der Waals surface area contributed by atoms with Crippen LogP contribution in [0.5, 0.6) is 0 Å². The second-order valence-electron chi connectivity index (χ2n) is 7.73. The van der Waals surface area contributed by atoms with Crippen LogP contribution in [0.15, 0.2) is 17.2 Å². The third-order valence-corrected chi connectivity index (χ3v) is 5.20. The van der Waals surface area contributed by atoms with Crippen molar-refractivity contribution in [3.05, 3.63) is 40.1 Å². The van der Waals surface area contributed by atoms with E-state index < -0.39 is 0 Å². The molecular weight excluding hydrogens is 332 g/mol. The van der Waals surface area contributed by atoms with E-state index in [4.69, 9.17) is 0 Å². The third-order valence-electron chi connectivity index (χ3n) is 5.20. The zero-order valence-electron chi connectivity index (χ0n) is 15.4. The largest absolute Gasteiger partial charge is 0.345 e. The Labute approximate surface area is 151 Å². The van der Waals surface area contributed by atoms with Crippen molar-refractivity contribution in [3.63, 3.8) is 0 Å². The number of aryl methyl sites for hydroxylation is 1. The first kappa shape index (κ1) is 16.9. The molecule has 0 radical (unpaired) electrons. The van der Waals surface area contributed by atoms with Gasteiger partial charge in [-0.05, 0) is 25.7 Å². The molecule has 0 saturated carbocycles. The Bertz CT molecular complexity index is 882. The maximum absolute atomic E-state index is 13.0. The summed E-state index contributed by atoms with van der Waals surface area (Å²) < 4.78 is 3.33. The topological polar surface area (TPSA) is 85.9 Å². The predicted octanol–water partition coefficient (Wildman–Crippen LogP) is 1.03. The summed E-state index contributed by atoms with van der Waals surface area (Å²) in [5.41, 5.74) is 1.08. The molecule has 1 amide bonds. The number of nitrogens with zero attached hydrogens (tertiary/aromatic N) is 6. The van der Waals surface area contributed by atoms with E-state index in [9.17, 15) is 9.59 Å². The van der Waals surface area contributed by atoms with Crippen LogP contribution in [-0.2, 0) is 19.5 Å². The first-order chi connectivity index (χ1) is 12.4. The van der Waals surface area contributed by atoms with Gasteiger partial charge in [0.25, 0.3) is 5.91 Å². The Hall–Kier alpha value is -2.51. The molecule has 4 heterocycles. The number of fused-ring (bicyclic) bond motifs is 3. The van der Waals surface area contributed by atoms with Crippen LogP contribution in [0.1, 0.15) is 48.7 Å². The first-order valence-electron chi connectivity index (χ1n) is 9.22. The van der Waals surface area contributed by atoms with Crippen LogP contribution in [0, 0.1) is 12.8 Å². The van der Waals surface area contributed by atoms with Crippen LogP contribution >= 0.6 is 0 Å². The molecule has 2 atom stereocenters. The van der Waals surface area contributed by atoms with Crippen molar-refractivity contribution in [2.75, 3.05) is 0 Å². The Morgan fingerprint density at radius 2 is 2.00 bits per heavy atom. The molecule has 2 bridgehead atoms. The lowest BCUT2D eigenvalue weighted by Gasteiger charge is -2.27. The molecule has 8 heteroatoms. The van der Waals surface area contributed by atoms with Gasteiger partial charge in [-0.3, -0.25) is 14.3 Å². The molecular formula is C18H24N6O2. The molecule has 0 aromatic carbocycles. The maximum Gasteiger partial charge on any atom is 0.345 e. The highest BCUT2D eigenvalue weighted by atomic mass is 16.2. The zero-order valence-corrected chi connectivity index (χ0v) is 15.4. The highest BCUT2D eigenvalue weighted by molar-refractivity contribution is 5.92. The van der Waals surface area contributed by atoms with Gasteiger partial charge in [0.05, 0.1) is 17.9 Å². The monoisotopic (exact) mass is 356 g/mol. The number of hydrogen-bond acceptors (Lipinski definition) is 5. The number of rotatable bonds is 3. The van der Waals surface area contributed by atoms with Crippen LogP contribution in [0.4, 0.5) is 0 Å². The van der Waals surface area contributed by atoms with E-state index >= 15 is 0 Å². The van der Waals surface area contributed by atoms with Crippen molar-refractivity contribution in [2.45, 2.75) is 65.2 Å². The smallest absolute Gasteiger partial charge is 0.329 e. The molecule has 2 aliphatic heterocycles. The minimum absolute atomic E-state index is 0.00579. The van der Waals surface area contributed by atoms with Crippen molar-refractivity contribution < 1.29 is 4.79 Å². The van der Waals surface area contributed by atoms with Crippen molar-refractivity contribution in [2.24, 2.45) is 5.92 Å². The lowest BCUT2D eigenvalue weighted by atomic mass is 10.1. The van der Waals surface area contributed by atoms with Crippen LogP contribution < -0.4 is 5.69 Å². The van der Waals surface area contributed by atoms with Gasteiger partial charge in [-0.25, -0.2) is 14.5 Å². The van der Waals surface area contributed by atoms with E-state index in [0.29, 0.717) is 31.1 Å². The predicted molar refractivity (Wildman–Crippen MR) is 94.8 cm³/mol. The lowest BCUT2D eigenvalue weighted by Crippen LogP contribution is -2.43. The molecule has 0 N–H and O–H groups in total. The van der Waals surface area contributed by atoms with Gasteiger partial charge in [-0.15, -0.1) is 0 Å². The molecule has 26 heavy (non-hydrogen) atoms. The van der Waals surface area contributed by atoms with Crippen LogP contribution in [-0.4, -0.2) is 47.2 Å². The normalized spacial score (nSPS) is 21.8. The molecule has 2 aliphatic rings. The molecule has 2 unspecified atom stereocenters. The van der Waals surface area contributed by atoms with Crippen molar-refractivity contribution in [1.82, 2.24) is 29.2 Å². The second kappa shape index (κ2) is 6.34. The number of carbonyl (C=O) groups excluding carboxylic acids is 1. The zero-order chi connectivity index (χ0) is 18.4. The van der Waals surface area contributed by atoms with Gasteiger partial charge in [0.1, 0.15) is 11.5 Å². The van der Waals surface area contributed by atoms with Crippen molar-refractivity contribution in [1.29, 1.82) is 0 Å². The van der Waals surface area contributed by atoms with E-state index in [1.807, 2.05) is 11.8 Å². The summed E-state index contributed by atoms with van der Waals surface area (Å²) in [6.45, 7) is 7.12. The summed E-state index contributed by atoms with van der Waals surface area (Å²) in [4.78, 5) is 36.0. The highest BCUT2D eigenvalue weighted by Crippen LogP contribution is 2.31. The number of aromatic nitrogens is 5. The van der Waals surface area contributed by atoms with Crippen LogP contribution in [0.25, 0.3) is 0 Å². The maximum atomic E-state index is 13.0. The Kier molecular flexibility index (Phi) is 4.13. The number of hydrogen-bond donors (Lipinski definition) is 0. The molecule has 138 valence electrons. The highest BCUT2D eigenvalue weighted by Gasteiger charge is 2.42. The van der Waals surface area contributed by atoms with E-state index in [1.54, 1.807) is 15.4 Å². The van der Waals surface area contributed by atoms with Crippen LogP contribution in [0.3, 0.4) is 0 Å². The Balaban J connectivity index is 1.63. The molecule has 4 rings (SSSR count). The molecule has 0 aliphatic carbocycles. The fraction of sp³-hybridized carbons (Fsp3) is 0.611.